The highest BCUT2D eigenvalue weighted by atomic mass is 35.5. The molecular weight excluding hydrogens is 546 g/mol. The summed E-state index contributed by atoms with van der Waals surface area (Å²) < 4.78 is 12.2. The number of hydrogen-bond donors (Lipinski definition) is 3. The number of aliphatic hydroxyl groups is 1. The van der Waals surface area contributed by atoms with Crippen molar-refractivity contribution in [2.45, 2.75) is 70.1 Å². The first-order valence-corrected chi connectivity index (χ1v) is 14.7. The van der Waals surface area contributed by atoms with Gasteiger partial charge in [0.2, 0.25) is 17.7 Å². The van der Waals surface area contributed by atoms with E-state index in [1.54, 1.807) is 35.2 Å². The summed E-state index contributed by atoms with van der Waals surface area (Å²) in [6, 6.07) is 11.5. The van der Waals surface area contributed by atoms with Crippen LogP contribution in [0.1, 0.15) is 51.5 Å². The lowest BCUT2D eigenvalue weighted by atomic mass is 9.66. The van der Waals surface area contributed by atoms with Crippen molar-refractivity contribution >= 4 is 40.7 Å². The first kappa shape index (κ1) is 29.4. The molecule has 0 aliphatic carbocycles. The number of aryl methyl sites for hydroxylation is 1. The van der Waals surface area contributed by atoms with Crippen LogP contribution >= 0.6 is 11.6 Å². The van der Waals surface area contributed by atoms with Gasteiger partial charge in [0.05, 0.1) is 34.8 Å². The molecule has 2 aromatic carbocycles. The summed E-state index contributed by atoms with van der Waals surface area (Å²) >= 11 is 6.43. The van der Waals surface area contributed by atoms with E-state index in [9.17, 15) is 19.5 Å². The van der Waals surface area contributed by atoms with E-state index in [4.69, 9.17) is 21.1 Å². The molecule has 0 radical (unpaired) electrons. The smallest absolute Gasteiger partial charge is 0.250 e. The van der Waals surface area contributed by atoms with Crippen molar-refractivity contribution in [2.24, 2.45) is 11.8 Å². The molecule has 2 bridgehead atoms. The Hall–Kier alpha value is -3.14. The van der Waals surface area contributed by atoms with Gasteiger partial charge in [0.15, 0.2) is 0 Å². The molecule has 5 rings (SSSR count). The highest BCUT2D eigenvalue weighted by Gasteiger charge is 2.77. The normalized spacial score (nSPS) is 28.1. The lowest BCUT2D eigenvalue weighted by molar-refractivity contribution is -0.143. The topological polar surface area (TPSA) is 117 Å². The molecule has 3 amide bonds. The predicted molar refractivity (Wildman–Crippen MR) is 156 cm³/mol. The van der Waals surface area contributed by atoms with Gasteiger partial charge in [-0.2, -0.15) is 0 Å². The number of fused-ring (bicyclic) bond motifs is 1. The van der Waals surface area contributed by atoms with Gasteiger partial charge >= 0.3 is 0 Å². The maximum Gasteiger partial charge on any atom is 0.250 e. The first-order chi connectivity index (χ1) is 19.6. The van der Waals surface area contributed by atoms with Gasteiger partial charge in [0.25, 0.3) is 0 Å². The lowest BCUT2D eigenvalue weighted by Crippen LogP contribution is -2.53. The Bertz CT molecular complexity index is 1300. The number of ether oxygens (including phenoxy) is 2. The Morgan fingerprint density at radius 1 is 1.10 bits per heavy atom. The summed E-state index contributed by atoms with van der Waals surface area (Å²) in [5.74, 6) is -1.80. The van der Waals surface area contributed by atoms with Gasteiger partial charge in [0, 0.05) is 18.8 Å². The number of halogens is 1. The van der Waals surface area contributed by atoms with Crippen molar-refractivity contribution in [2.75, 3.05) is 30.4 Å². The van der Waals surface area contributed by atoms with Crippen LogP contribution in [0.2, 0.25) is 5.02 Å². The molecule has 0 saturated carbocycles. The molecule has 2 unspecified atom stereocenters. The van der Waals surface area contributed by atoms with E-state index >= 15 is 0 Å². The average molecular weight is 584 g/mol. The molecule has 3 fully saturated rings. The molecule has 2 aromatic rings. The minimum Gasteiger partial charge on any atom is -0.494 e. The fraction of sp³-hybridized carbons (Fsp3) is 0.516. The number of carbonyl (C=O) groups is 3. The van der Waals surface area contributed by atoms with Crippen molar-refractivity contribution in [3.63, 3.8) is 0 Å². The van der Waals surface area contributed by atoms with E-state index < -0.39 is 29.1 Å². The maximum atomic E-state index is 14.2. The van der Waals surface area contributed by atoms with Crippen LogP contribution < -0.4 is 15.4 Å². The number of hydrogen-bond acceptors (Lipinski definition) is 6. The molecule has 10 heteroatoms. The summed E-state index contributed by atoms with van der Waals surface area (Å²) in [5, 5.41) is 15.6. The monoisotopic (exact) mass is 583 g/mol. The number of likely N-dealkylation sites (tertiary alicyclic amines) is 1. The van der Waals surface area contributed by atoms with Gasteiger partial charge in [-0.3, -0.25) is 14.4 Å². The van der Waals surface area contributed by atoms with E-state index in [0.717, 1.165) is 5.56 Å². The maximum absolute atomic E-state index is 14.2. The molecular formula is C31H38ClN3O6. The summed E-state index contributed by atoms with van der Waals surface area (Å²) in [6.45, 7) is 6.55. The second kappa shape index (κ2) is 11.6. The zero-order valence-electron chi connectivity index (χ0n) is 23.7. The molecule has 41 heavy (non-hydrogen) atoms. The Morgan fingerprint density at radius 3 is 2.54 bits per heavy atom. The molecule has 5 atom stereocenters. The highest BCUT2D eigenvalue weighted by molar-refractivity contribution is 6.34. The van der Waals surface area contributed by atoms with E-state index in [1.807, 2.05) is 32.9 Å². The third-order valence-corrected chi connectivity index (χ3v) is 9.08. The SMILES string of the molecule is CCOc1ccc(NC(=O)[C@H]2[C@H]3C(=O)N(CCCCCO)C(C(=O)Nc4c(C)cccc4Cl)C34CC[C@]2(C)O4)cc1. The predicted octanol–water partition coefficient (Wildman–Crippen LogP) is 4.55. The molecule has 3 saturated heterocycles. The van der Waals surface area contributed by atoms with Crippen LogP contribution in [0, 0.1) is 18.8 Å². The number of rotatable bonds is 11. The van der Waals surface area contributed by atoms with Crippen molar-refractivity contribution in [1.82, 2.24) is 4.90 Å². The number of benzene rings is 2. The highest BCUT2D eigenvalue weighted by Crippen LogP contribution is 2.63. The molecule has 220 valence electrons. The van der Waals surface area contributed by atoms with Crippen LogP contribution in [0.4, 0.5) is 11.4 Å². The number of carbonyl (C=O) groups excluding carboxylic acids is 3. The van der Waals surface area contributed by atoms with Crippen LogP contribution in [-0.2, 0) is 19.1 Å². The summed E-state index contributed by atoms with van der Waals surface area (Å²) in [7, 11) is 0. The summed E-state index contributed by atoms with van der Waals surface area (Å²) in [6.07, 6.45) is 2.96. The summed E-state index contributed by atoms with van der Waals surface area (Å²) in [5.41, 5.74) is -0.140. The zero-order chi connectivity index (χ0) is 29.4. The van der Waals surface area contributed by atoms with Gasteiger partial charge < -0.3 is 30.1 Å². The van der Waals surface area contributed by atoms with Gasteiger partial charge in [-0.25, -0.2) is 0 Å². The van der Waals surface area contributed by atoms with Crippen LogP contribution in [-0.4, -0.2) is 64.7 Å². The average Bonchev–Trinajstić information content (AvgIpc) is 3.50. The Labute approximate surface area is 245 Å². The van der Waals surface area contributed by atoms with Gasteiger partial charge in [0.1, 0.15) is 17.4 Å². The molecule has 1 spiro atoms. The zero-order valence-corrected chi connectivity index (χ0v) is 24.5. The minimum absolute atomic E-state index is 0.0610. The Morgan fingerprint density at radius 2 is 1.85 bits per heavy atom. The van der Waals surface area contributed by atoms with Crippen LogP contribution in [0.15, 0.2) is 42.5 Å². The van der Waals surface area contributed by atoms with E-state index in [2.05, 4.69) is 10.6 Å². The number of nitrogens with one attached hydrogen (secondary N) is 2. The second-order valence-electron chi connectivity index (χ2n) is 11.4. The second-order valence-corrected chi connectivity index (χ2v) is 11.8. The molecule has 3 aliphatic rings. The molecule has 9 nitrogen and oxygen atoms in total. The Kier molecular flexibility index (Phi) is 8.32. The fourth-order valence-corrected chi connectivity index (χ4v) is 7.21. The third-order valence-electron chi connectivity index (χ3n) is 8.77. The number of nitrogens with zero attached hydrogens (tertiary/aromatic N) is 1. The van der Waals surface area contributed by atoms with Gasteiger partial charge in [-0.15, -0.1) is 0 Å². The number of para-hydroxylation sites is 1. The van der Waals surface area contributed by atoms with Crippen LogP contribution in [0.5, 0.6) is 5.75 Å². The molecule has 3 N–H and O–H groups in total. The fourth-order valence-electron chi connectivity index (χ4n) is 6.94. The van der Waals surface area contributed by atoms with Crippen molar-refractivity contribution in [1.29, 1.82) is 0 Å². The number of aliphatic hydroxyl groups excluding tert-OH is 1. The number of amides is 3. The lowest BCUT2D eigenvalue weighted by Gasteiger charge is -2.33. The molecule has 3 heterocycles. The van der Waals surface area contributed by atoms with Crippen molar-refractivity contribution < 1.29 is 29.0 Å². The quantitative estimate of drug-likeness (QED) is 0.334. The van der Waals surface area contributed by atoms with E-state index in [0.29, 0.717) is 67.4 Å². The largest absolute Gasteiger partial charge is 0.494 e. The number of unbranched alkanes of at least 4 members (excludes halogenated alkanes) is 2. The Balaban J connectivity index is 1.45. The van der Waals surface area contributed by atoms with Crippen LogP contribution in [0.3, 0.4) is 0 Å². The third kappa shape index (κ3) is 5.19. The standard InChI is InChI=1S/C31H38ClN3O6/c1-4-40-21-13-11-20(12-14-21)33-27(37)23-24-29(39)35(17-6-5-7-18-36)26(31(24)16-15-30(23,3)41-31)28(38)34-25-19(2)9-8-10-22(25)32/h8-14,23-24,26,36H,4-7,15-18H2,1-3H3,(H,33,37)(H,34,38)/t23-,24+,26?,30+,31?/m1/s1. The minimum atomic E-state index is -1.14. The molecule has 3 aliphatic heterocycles. The van der Waals surface area contributed by atoms with Crippen molar-refractivity contribution in [3.05, 3.63) is 53.1 Å². The molecule has 0 aromatic heterocycles. The van der Waals surface area contributed by atoms with E-state index in [-0.39, 0.29) is 24.3 Å². The van der Waals surface area contributed by atoms with E-state index in [1.165, 1.54) is 0 Å². The van der Waals surface area contributed by atoms with Gasteiger partial charge in [-0.1, -0.05) is 23.7 Å². The summed E-state index contributed by atoms with van der Waals surface area (Å²) in [4.78, 5) is 43.6. The van der Waals surface area contributed by atoms with Crippen molar-refractivity contribution in [3.8, 4) is 5.75 Å². The number of anilines is 2. The van der Waals surface area contributed by atoms with Crippen LogP contribution in [0.25, 0.3) is 0 Å². The van der Waals surface area contributed by atoms with Gasteiger partial charge in [-0.05, 0) is 88.8 Å². The first-order valence-electron chi connectivity index (χ1n) is 14.4.